The van der Waals surface area contributed by atoms with Crippen molar-refractivity contribution < 1.29 is 0 Å². The highest BCUT2D eigenvalue weighted by atomic mass is 79.9. The van der Waals surface area contributed by atoms with Gasteiger partial charge in [0.2, 0.25) is 0 Å². The predicted molar refractivity (Wildman–Crippen MR) is 73.1 cm³/mol. The lowest BCUT2D eigenvalue weighted by atomic mass is 10.0. The lowest BCUT2D eigenvalue weighted by Crippen LogP contribution is -1.91. The van der Waals surface area contributed by atoms with Crippen molar-refractivity contribution in [3.05, 3.63) is 68.7 Å². The van der Waals surface area contributed by atoms with E-state index < -0.39 is 0 Å². The Bertz CT molecular complexity index is 489. The molecular weight excluding hydrogens is 284 g/mol. The van der Waals surface area contributed by atoms with E-state index in [4.69, 9.17) is 11.6 Å². The van der Waals surface area contributed by atoms with E-state index in [9.17, 15) is 0 Å². The van der Waals surface area contributed by atoms with Crippen LogP contribution in [0.3, 0.4) is 0 Å². The lowest BCUT2D eigenvalue weighted by molar-refractivity contribution is 1.15. The molecule has 0 spiro atoms. The molecule has 0 aromatic heterocycles. The summed E-state index contributed by atoms with van der Waals surface area (Å²) in [7, 11) is 0. The first-order valence-electron chi connectivity index (χ1n) is 5.14. The molecule has 0 bridgehead atoms. The van der Waals surface area contributed by atoms with Crippen molar-refractivity contribution in [1.29, 1.82) is 0 Å². The third-order valence-electron chi connectivity index (χ3n) is 2.61. The quantitative estimate of drug-likeness (QED) is 0.731. The molecule has 0 saturated carbocycles. The number of hydrogen-bond acceptors (Lipinski definition) is 0. The van der Waals surface area contributed by atoms with Crippen LogP contribution >= 0.6 is 27.5 Å². The van der Waals surface area contributed by atoms with Gasteiger partial charge in [-0.3, -0.25) is 0 Å². The molecule has 16 heavy (non-hydrogen) atoms. The molecular formula is C14H12BrCl. The smallest absolute Gasteiger partial charge is 0.0406 e. The minimum atomic E-state index is 0.788. The fourth-order valence-electron chi connectivity index (χ4n) is 1.68. The number of hydrogen-bond donors (Lipinski definition) is 0. The van der Waals surface area contributed by atoms with Crippen LogP contribution in [0.5, 0.6) is 0 Å². The van der Waals surface area contributed by atoms with E-state index in [1.54, 1.807) is 0 Å². The SMILES string of the molecule is Cc1cc(Br)ccc1Cc1ccc(Cl)cc1. The van der Waals surface area contributed by atoms with Gasteiger partial charge in [-0.25, -0.2) is 0 Å². The Kier molecular flexibility index (Phi) is 3.67. The van der Waals surface area contributed by atoms with Gasteiger partial charge < -0.3 is 0 Å². The molecule has 0 aliphatic carbocycles. The summed E-state index contributed by atoms with van der Waals surface area (Å²) in [6, 6.07) is 14.4. The molecule has 2 rings (SSSR count). The fourth-order valence-corrected chi connectivity index (χ4v) is 2.28. The average molecular weight is 296 g/mol. The van der Waals surface area contributed by atoms with Crippen LogP contribution in [0, 0.1) is 6.92 Å². The minimum absolute atomic E-state index is 0.788. The van der Waals surface area contributed by atoms with Crippen molar-refractivity contribution in [3.8, 4) is 0 Å². The summed E-state index contributed by atoms with van der Waals surface area (Å²) in [6.07, 6.45) is 0.955. The maximum Gasteiger partial charge on any atom is 0.0406 e. The Hall–Kier alpha value is -0.790. The summed E-state index contributed by atoms with van der Waals surface area (Å²) in [5.41, 5.74) is 3.95. The molecule has 2 aromatic carbocycles. The van der Waals surface area contributed by atoms with Gasteiger partial charge in [-0.2, -0.15) is 0 Å². The third-order valence-corrected chi connectivity index (χ3v) is 3.36. The molecule has 0 N–H and O–H groups in total. The van der Waals surface area contributed by atoms with Crippen LogP contribution in [0.25, 0.3) is 0 Å². The highest BCUT2D eigenvalue weighted by Gasteiger charge is 2.00. The molecule has 0 nitrogen and oxygen atoms in total. The molecule has 0 fully saturated rings. The second-order valence-corrected chi connectivity index (χ2v) is 5.23. The van der Waals surface area contributed by atoms with Gasteiger partial charge in [0.1, 0.15) is 0 Å². The van der Waals surface area contributed by atoms with E-state index >= 15 is 0 Å². The first-order valence-corrected chi connectivity index (χ1v) is 6.32. The fraction of sp³-hybridized carbons (Fsp3) is 0.143. The van der Waals surface area contributed by atoms with E-state index in [1.165, 1.54) is 16.7 Å². The van der Waals surface area contributed by atoms with Gasteiger partial charge in [-0.15, -0.1) is 0 Å². The van der Waals surface area contributed by atoms with Crippen LogP contribution in [-0.4, -0.2) is 0 Å². The summed E-state index contributed by atoms with van der Waals surface area (Å²) in [5, 5.41) is 0.788. The summed E-state index contributed by atoms with van der Waals surface area (Å²) in [5.74, 6) is 0. The van der Waals surface area contributed by atoms with Gasteiger partial charge in [0, 0.05) is 9.50 Å². The number of aryl methyl sites for hydroxylation is 1. The van der Waals surface area contributed by atoms with Crippen LogP contribution in [0.2, 0.25) is 5.02 Å². The van der Waals surface area contributed by atoms with E-state index in [1.807, 2.05) is 12.1 Å². The van der Waals surface area contributed by atoms with E-state index in [0.717, 1.165) is 15.9 Å². The van der Waals surface area contributed by atoms with Crippen molar-refractivity contribution in [2.45, 2.75) is 13.3 Å². The molecule has 2 heteroatoms. The van der Waals surface area contributed by atoms with Crippen molar-refractivity contribution in [3.63, 3.8) is 0 Å². The third kappa shape index (κ3) is 2.87. The van der Waals surface area contributed by atoms with Gasteiger partial charge in [-0.1, -0.05) is 45.7 Å². The molecule has 0 aliphatic rings. The zero-order chi connectivity index (χ0) is 11.5. The van der Waals surface area contributed by atoms with E-state index in [0.29, 0.717) is 0 Å². The number of halogens is 2. The maximum absolute atomic E-state index is 5.86. The zero-order valence-corrected chi connectivity index (χ0v) is 11.3. The van der Waals surface area contributed by atoms with Crippen LogP contribution in [0.4, 0.5) is 0 Å². The van der Waals surface area contributed by atoms with Gasteiger partial charge in [-0.05, 0) is 54.3 Å². The van der Waals surface area contributed by atoms with Crippen LogP contribution in [-0.2, 0) is 6.42 Å². The van der Waals surface area contributed by atoms with E-state index in [2.05, 4.69) is 53.2 Å². The average Bonchev–Trinajstić information content (AvgIpc) is 2.25. The molecule has 0 atom stereocenters. The molecule has 0 radical (unpaired) electrons. The van der Waals surface area contributed by atoms with Gasteiger partial charge in [0.25, 0.3) is 0 Å². The van der Waals surface area contributed by atoms with E-state index in [-0.39, 0.29) is 0 Å². The second kappa shape index (κ2) is 5.03. The van der Waals surface area contributed by atoms with Crippen molar-refractivity contribution in [2.75, 3.05) is 0 Å². The molecule has 82 valence electrons. The lowest BCUT2D eigenvalue weighted by Gasteiger charge is -2.06. The highest BCUT2D eigenvalue weighted by molar-refractivity contribution is 9.10. The number of benzene rings is 2. The first kappa shape index (κ1) is 11.7. The summed E-state index contributed by atoms with van der Waals surface area (Å²) in [4.78, 5) is 0. The van der Waals surface area contributed by atoms with Crippen LogP contribution in [0.1, 0.15) is 16.7 Å². The topological polar surface area (TPSA) is 0 Å². The zero-order valence-electron chi connectivity index (χ0n) is 9.00. The Balaban J connectivity index is 2.23. The number of rotatable bonds is 2. The predicted octanol–water partition coefficient (Wildman–Crippen LogP) is 5.00. The van der Waals surface area contributed by atoms with Crippen molar-refractivity contribution in [2.24, 2.45) is 0 Å². The standard InChI is InChI=1S/C14H12BrCl/c1-10-8-13(15)5-4-12(10)9-11-2-6-14(16)7-3-11/h2-8H,9H2,1H3. The largest absolute Gasteiger partial charge is 0.0843 e. The summed E-state index contributed by atoms with van der Waals surface area (Å²) in [6.45, 7) is 2.13. The minimum Gasteiger partial charge on any atom is -0.0843 e. The van der Waals surface area contributed by atoms with Crippen molar-refractivity contribution in [1.82, 2.24) is 0 Å². The molecule has 0 aliphatic heterocycles. The Morgan fingerprint density at radius 1 is 1.06 bits per heavy atom. The molecule has 0 saturated heterocycles. The summed E-state index contributed by atoms with van der Waals surface area (Å²) < 4.78 is 1.13. The van der Waals surface area contributed by atoms with Gasteiger partial charge in [0.15, 0.2) is 0 Å². The second-order valence-electron chi connectivity index (χ2n) is 3.87. The Labute approximate surface area is 109 Å². The van der Waals surface area contributed by atoms with Crippen molar-refractivity contribution >= 4 is 27.5 Å². The Morgan fingerprint density at radius 3 is 2.38 bits per heavy atom. The normalized spacial score (nSPS) is 10.4. The first-order chi connectivity index (χ1) is 7.65. The van der Waals surface area contributed by atoms with Gasteiger partial charge >= 0.3 is 0 Å². The molecule has 0 unspecified atom stereocenters. The van der Waals surface area contributed by atoms with Crippen LogP contribution < -0.4 is 0 Å². The molecule has 0 amide bonds. The maximum atomic E-state index is 5.86. The van der Waals surface area contributed by atoms with Gasteiger partial charge in [0.05, 0.1) is 0 Å². The molecule has 2 aromatic rings. The van der Waals surface area contributed by atoms with Crippen LogP contribution in [0.15, 0.2) is 46.9 Å². The summed E-state index contributed by atoms with van der Waals surface area (Å²) >= 11 is 9.33. The Morgan fingerprint density at radius 2 is 1.75 bits per heavy atom. The highest BCUT2D eigenvalue weighted by Crippen LogP contribution is 2.19. The monoisotopic (exact) mass is 294 g/mol. The molecule has 0 heterocycles.